The van der Waals surface area contributed by atoms with E-state index in [1.807, 2.05) is 13.0 Å². The molecule has 0 bridgehead atoms. The van der Waals surface area contributed by atoms with Crippen molar-refractivity contribution in [3.05, 3.63) is 29.2 Å². The molecule has 1 aliphatic heterocycles. The smallest absolute Gasteiger partial charge is 0.329 e. The molecule has 7 nitrogen and oxygen atoms in total. The van der Waals surface area contributed by atoms with Crippen LogP contribution in [0.4, 0.5) is 0 Å². The molecule has 2 aromatic heterocycles. The molecule has 0 aliphatic carbocycles. The summed E-state index contributed by atoms with van der Waals surface area (Å²) in [6.45, 7) is 3.63. The number of hydrogen-bond donors (Lipinski definition) is 2. The fourth-order valence-corrected chi connectivity index (χ4v) is 3.97. The van der Waals surface area contributed by atoms with E-state index in [-0.39, 0.29) is 0 Å². The Morgan fingerprint density at radius 1 is 1.35 bits per heavy atom. The van der Waals surface area contributed by atoms with Crippen LogP contribution in [-0.4, -0.2) is 48.6 Å². The Balaban J connectivity index is 1.93. The van der Waals surface area contributed by atoms with Crippen LogP contribution in [0, 0.1) is 13.8 Å². The van der Waals surface area contributed by atoms with Crippen LogP contribution in [0.15, 0.2) is 12.3 Å². The largest absolute Gasteiger partial charge is 0.480 e. The number of carboxylic acid groups (broad SMARTS) is 1. The first-order valence-electron chi connectivity index (χ1n) is 7.38. The first kappa shape index (κ1) is 15.8. The average molecular weight is 334 g/mol. The van der Waals surface area contributed by atoms with E-state index in [0.717, 1.165) is 17.2 Å². The summed E-state index contributed by atoms with van der Waals surface area (Å²) in [5, 5.41) is 16.6. The van der Waals surface area contributed by atoms with Crippen molar-refractivity contribution in [2.45, 2.75) is 32.2 Å². The molecule has 3 rings (SSSR count). The summed E-state index contributed by atoms with van der Waals surface area (Å²) < 4.78 is 1.61. The van der Waals surface area contributed by atoms with Crippen molar-refractivity contribution >= 4 is 29.3 Å². The number of aryl methyl sites for hydroxylation is 2. The molecule has 1 aliphatic rings. The van der Waals surface area contributed by atoms with Gasteiger partial charge >= 0.3 is 5.97 Å². The molecule has 23 heavy (non-hydrogen) atoms. The van der Waals surface area contributed by atoms with E-state index in [2.05, 4.69) is 15.4 Å². The maximum Gasteiger partial charge on any atom is 0.329 e. The lowest BCUT2D eigenvalue weighted by molar-refractivity contribution is -0.144. The molecule has 0 atom stereocenters. The van der Waals surface area contributed by atoms with Crippen LogP contribution in [-0.2, 0) is 4.79 Å². The van der Waals surface area contributed by atoms with E-state index in [1.54, 1.807) is 23.2 Å². The van der Waals surface area contributed by atoms with Crippen molar-refractivity contribution in [2.75, 3.05) is 11.5 Å². The molecular weight excluding hydrogens is 316 g/mol. The molecule has 0 radical (unpaired) electrons. The molecular formula is C15H18N4O3S. The Morgan fingerprint density at radius 2 is 2.04 bits per heavy atom. The summed E-state index contributed by atoms with van der Waals surface area (Å²) >= 11 is 1.70. The van der Waals surface area contributed by atoms with Gasteiger partial charge in [-0.15, -0.1) is 0 Å². The first-order chi connectivity index (χ1) is 10.9. The maximum atomic E-state index is 12.6. The van der Waals surface area contributed by atoms with E-state index in [1.165, 1.54) is 6.20 Å². The van der Waals surface area contributed by atoms with E-state index in [9.17, 15) is 14.7 Å². The van der Waals surface area contributed by atoms with Crippen molar-refractivity contribution in [1.82, 2.24) is 19.9 Å². The molecule has 1 fully saturated rings. The summed E-state index contributed by atoms with van der Waals surface area (Å²) in [6, 6.07) is 1.83. The highest BCUT2D eigenvalue weighted by atomic mass is 32.2. The van der Waals surface area contributed by atoms with Gasteiger partial charge in [-0.25, -0.2) is 14.3 Å². The topological polar surface area (TPSA) is 96.6 Å². The van der Waals surface area contributed by atoms with Gasteiger partial charge in [0.2, 0.25) is 0 Å². The Morgan fingerprint density at radius 3 is 2.70 bits per heavy atom. The van der Waals surface area contributed by atoms with Crippen molar-refractivity contribution < 1.29 is 14.7 Å². The number of amides is 1. The molecule has 0 unspecified atom stereocenters. The van der Waals surface area contributed by atoms with Crippen molar-refractivity contribution in [2.24, 2.45) is 0 Å². The maximum absolute atomic E-state index is 12.6. The third-order valence-electron chi connectivity index (χ3n) is 4.20. The molecule has 1 amide bonds. The lowest BCUT2D eigenvalue weighted by Crippen LogP contribution is -2.56. The highest BCUT2D eigenvalue weighted by Crippen LogP contribution is 2.28. The summed E-state index contributed by atoms with van der Waals surface area (Å²) in [5.74, 6) is 0.0506. The standard InChI is InChI=1S/C15H18N4O3S/c1-9-7-12-16-8-11(10(2)19(12)18-9)13(20)17-15(14(21)22)3-5-23-6-4-15/h7-8H,3-6H2,1-2H3,(H,17,20)(H,21,22). The van der Waals surface area contributed by atoms with E-state index < -0.39 is 17.4 Å². The van der Waals surface area contributed by atoms with Crippen molar-refractivity contribution in [1.29, 1.82) is 0 Å². The van der Waals surface area contributed by atoms with Gasteiger partial charge in [0.05, 0.1) is 17.0 Å². The summed E-state index contributed by atoms with van der Waals surface area (Å²) in [6.07, 6.45) is 2.33. The van der Waals surface area contributed by atoms with Gasteiger partial charge in [0.1, 0.15) is 5.54 Å². The van der Waals surface area contributed by atoms with Gasteiger partial charge < -0.3 is 10.4 Å². The summed E-state index contributed by atoms with van der Waals surface area (Å²) in [5.41, 5.74) is 1.28. The van der Waals surface area contributed by atoms with Gasteiger partial charge in [-0.3, -0.25) is 4.79 Å². The van der Waals surface area contributed by atoms with Crippen LogP contribution < -0.4 is 5.32 Å². The lowest BCUT2D eigenvalue weighted by Gasteiger charge is -2.33. The van der Waals surface area contributed by atoms with Gasteiger partial charge in [0.15, 0.2) is 5.65 Å². The predicted molar refractivity (Wildman–Crippen MR) is 86.9 cm³/mol. The highest BCUT2D eigenvalue weighted by Gasteiger charge is 2.41. The van der Waals surface area contributed by atoms with Crippen LogP contribution in [0.2, 0.25) is 0 Å². The van der Waals surface area contributed by atoms with E-state index in [4.69, 9.17) is 0 Å². The number of aliphatic carboxylic acids is 1. The number of carboxylic acids is 1. The van der Waals surface area contributed by atoms with E-state index in [0.29, 0.717) is 29.7 Å². The Bertz CT molecular complexity index is 780. The van der Waals surface area contributed by atoms with Gasteiger partial charge in [0, 0.05) is 12.3 Å². The van der Waals surface area contributed by atoms with Crippen LogP contribution >= 0.6 is 11.8 Å². The minimum absolute atomic E-state index is 0.347. The molecule has 0 aromatic carbocycles. The van der Waals surface area contributed by atoms with Gasteiger partial charge in [-0.05, 0) is 38.2 Å². The fraction of sp³-hybridized carbons (Fsp3) is 0.467. The van der Waals surface area contributed by atoms with Gasteiger partial charge in [0.25, 0.3) is 5.91 Å². The van der Waals surface area contributed by atoms with Crippen LogP contribution in [0.25, 0.3) is 5.65 Å². The molecule has 8 heteroatoms. The zero-order chi connectivity index (χ0) is 16.6. The SMILES string of the molecule is Cc1cc2ncc(C(=O)NC3(C(=O)O)CCSCC3)c(C)n2n1. The Labute approximate surface area is 137 Å². The van der Waals surface area contributed by atoms with Crippen molar-refractivity contribution in [3.8, 4) is 0 Å². The van der Waals surface area contributed by atoms with Crippen LogP contribution in [0.3, 0.4) is 0 Å². The number of thioether (sulfide) groups is 1. The minimum Gasteiger partial charge on any atom is -0.480 e. The fourth-order valence-electron chi connectivity index (χ4n) is 2.78. The third kappa shape index (κ3) is 2.78. The molecule has 0 spiro atoms. The quantitative estimate of drug-likeness (QED) is 0.881. The molecule has 3 heterocycles. The Hall–Kier alpha value is -2.09. The number of nitrogens with one attached hydrogen (secondary N) is 1. The van der Waals surface area contributed by atoms with Crippen molar-refractivity contribution in [3.63, 3.8) is 0 Å². The van der Waals surface area contributed by atoms with Gasteiger partial charge in [-0.2, -0.15) is 16.9 Å². The molecule has 0 saturated carbocycles. The number of hydrogen-bond acceptors (Lipinski definition) is 5. The molecule has 2 N–H and O–H groups in total. The second-order valence-corrected chi connectivity index (χ2v) is 6.99. The Kier molecular flexibility index (Phi) is 4.01. The van der Waals surface area contributed by atoms with E-state index >= 15 is 0 Å². The van der Waals surface area contributed by atoms with Crippen LogP contribution in [0.1, 0.15) is 34.6 Å². The number of nitrogens with zero attached hydrogens (tertiary/aromatic N) is 3. The number of rotatable bonds is 3. The second-order valence-electron chi connectivity index (χ2n) is 5.77. The molecule has 1 saturated heterocycles. The number of fused-ring (bicyclic) bond motifs is 1. The molecule has 2 aromatic rings. The first-order valence-corrected chi connectivity index (χ1v) is 8.54. The average Bonchev–Trinajstić information content (AvgIpc) is 2.89. The second kappa shape index (κ2) is 5.84. The summed E-state index contributed by atoms with van der Waals surface area (Å²) in [7, 11) is 0. The molecule has 122 valence electrons. The zero-order valence-corrected chi connectivity index (χ0v) is 13.8. The zero-order valence-electron chi connectivity index (χ0n) is 13.0. The number of carbonyl (C=O) groups excluding carboxylic acids is 1. The third-order valence-corrected chi connectivity index (χ3v) is 5.18. The highest BCUT2D eigenvalue weighted by molar-refractivity contribution is 7.99. The summed E-state index contributed by atoms with van der Waals surface area (Å²) in [4.78, 5) is 28.6. The van der Waals surface area contributed by atoms with Crippen LogP contribution in [0.5, 0.6) is 0 Å². The minimum atomic E-state index is -1.19. The monoisotopic (exact) mass is 334 g/mol. The van der Waals surface area contributed by atoms with Gasteiger partial charge in [-0.1, -0.05) is 0 Å². The number of carbonyl (C=O) groups is 2. The lowest BCUT2D eigenvalue weighted by atomic mass is 9.92. The number of aromatic nitrogens is 3. The normalized spacial score (nSPS) is 17.1. The predicted octanol–water partition coefficient (Wildman–Crippen LogP) is 1.43.